The molecule has 1 atom stereocenters. The molecule has 1 aliphatic carbocycles. The van der Waals surface area contributed by atoms with E-state index < -0.39 is 0 Å². The van der Waals surface area contributed by atoms with Gasteiger partial charge in [-0.2, -0.15) is 0 Å². The highest BCUT2D eigenvalue weighted by molar-refractivity contribution is 7.14. The smallest absolute Gasteiger partial charge is 0.183 e. The Morgan fingerprint density at radius 2 is 2.04 bits per heavy atom. The summed E-state index contributed by atoms with van der Waals surface area (Å²) in [5, 5.41) is 15.8. The molecule has 1 aliphatic rings. The molecule has 1 aromatic carbocycles. The Bertz CT molecular complexity index is 728. The molecule has 1 heterocycles. The van der Waals surface area contributed by atoms with Crippen LogP contribution in [-0.2, 0) is 0 Å². The number of ether oxygens (including phenoxy) is 2. The molecule has 1 saturated carbocycles. The lowest BCUT2D eigenvalue weighted by molar-refractivity contribution is 0.0573. The predicted molar refractivity (Wildman–Crippen MR) is 106 cm³/mol. The fourth-order valence-electron chi connectivity index (χ4n) is 3.71. The number of benzene rings is 1. The van der Waals surface area contributed by atoms with Crippen LogP contribution >= 0.6 is 11.3 Å². The maximum atomic E-state index is 9.26. The molecule has 5 nitrogen and oxygen atoms in total. The third-order valence-electron chi connectivity index (χ3n) is 5.73. The van der Waals surface area contributed by atoms with Crippen LogP contribution < -0.4 is 14.8 Å². The molecule has 1 unspecified atom stereocenters. The lowest BCUT2D eigenvalue weighted by atomic mass is 9.61. The first-order valence-corrected chi connectivity index (χ1v) is 10.0. The van der Waals surface area contributed by atoms with Gasteiger partial charge in [-0.15, -0.1) is 11.3 Å². The van der Waals surface area contributed by atoms with Crippen molar-refractivity contribution in [1.82, 2.24) is 4.98 Å². The monoisotopic (exact) mass is 376 g/mol. The van der Waals surface area contributed by atoms with Gasteiger partial charge >= 0.3 is 0 Å². The second-order valence-corrected chi connectivity index (χ2v) is 7.95. The summed E-state index contributed by atoms with van der Waals surface area (Å²) in [6.07, 6.45) is 4.62. The number of nitrogens with one attached hydrogen (secondary N) is 1. The standard InChI is InChI=1S/C20H28N2O3S/c1-14(7-10-23)20(8-4-9-20)13-21-19-22-16(12-26-19)15-5-6-17(24-2)18(11-15)25-3/h5-6,11-12,14,23H,4,7-10,13H2,1-3H3,(H,21,22). The zero-order valence-corrected chi connectivity index (χ0v) is 16.6. The first-order valence-electron chi connectivity index (χ1n) is 9.14. The Kier molecular flexibility index (Phi) is 6.04. The summed E-state index contributed by atoms with van der Waals surface area (Å²) in [4.78, 5) is 4.74. The van der Waals surface area contributed by atoms with E-state index in [4.69, 9.17) is 14.5 Å². The molecule has 0 saturated heterocycles. The van der Waals surface area contributed by atoms with E-state index in [0.717, 1.165) is 35.1 Å². The summed E-state index contributed by atoms with van der Waals surface area (Å²) in [5.74, 6) is 1.95. The molecular weight excluding hydrogens is 348 g/mol. The van der Waals surface area contributed by atoms with Crippen molar-refractivity contribution in [3.05, 3.63) is 23.6 Å². The third-order valence-corrected chi connectivity index (χ3v) is 6.53. The number of thiazole rings is 1. The van der Waals surface area contributed by atoms with Gasteiger partial charge in [-0.3, -0.25) is 0 Å². The average Bonchev–Trinajstić information content (AvgIpc) is 3.09. The minimum Gasteiger partial charge on any atom is -0.493 e. The van der Waals surface area contributed by atoms with Crippen molar-refractivity contribution in [2.24, 2.45) is 11.3 Å². The van der Waals surface area contributed by atoms with Gasteiger partial charge in [0.15, 0.2) is 16.6 Å². The quantitative estimate of drug-likeness (QED) is 0.678. The number of methoxy groups -OCH3 is 2. The summed E-state index contributed by atoms with van der Waals surface area (Å²) in [6.45, 7) is 3.45. The van der Waals surface area contributed by atoms with Gasteiger partial charge in [0.1, 0.15) is 0 Å². The van der Waals surface area contributed by atoms with E-state index in [9.17, 15) is 5.11 Å². The molecule has 0 bridgehead atoms. The summed E-state index contributed by atoms with van der Waals surface area (Å²) >= 11 is 1.62. The fourth-order valence-corrected chi connectivity index (χ4v) is 4.43. The number of aromatic nitrogens is 1. The van der Waals surface area contributed by atoms with Gasteiger partial charge in [0.25, 0.3) is 0 Å². The largest absolute Gasteiger partial charge is 0.493 e. The lowest BCUT2D eigenvalue weighted by Gasteiger charge is -2.47. The summed E-state index contributed by atoms with van der Waals surface area (Å²) in [7, 11) is 3.28. The number of hydrogen-bond acceptors (Lipinski definition) is 6. The normalized spacial score (nSPS) is 16.6. The highest BCUT2D eigenvalue weighted by Crippen LogP contribution is 2.48. The Morgan fingerprint density at radius 3 is 2.65 bits per heavy atom. The van der Waals surface area contributed by atoms with E-state index in [-0.39, 0.29) is 6.61 Å². The van der Waals surface area contributed by atoms with Crippen LogP contribution in [-0.4, -0.2) is 37.5 Å². The van der Waals surface area contributed by atoms with E-state index in [1.165, 1.54) is 19.3 Å². The Morgan fingerprint density at radius 1 is 1.27 bits per heavy atom. The van der Waals surface area contributed by atoms with Gasteiger partial charge in [-0.1, -0.05) is 13.3 Å². The molecule has 0 aliphatic heterocycles. The van der Waals surface area contributed by atoms with Gasteiger partial charge in [-0.05, 0) is 48.8 Å². The Labute approximate surface area is 159 Å². The number of nitrogens with zero attached hydrogens (tertiary/aromatic N) is 1. The molecule has 1 fully saturated rings. The number of aliphatic hydroxyl groups excluding tert-OH is 1. The molecule has 2 aromatic rings. The van der Waals surface area contributed by atoms with Gasteiger partial charge in [0, 0.05) is 24.1 Å². The van der Waals surface area contributed by atoms with Crippen LogP contribution in [0, 0.1) is 11.3 Å². The molecular formula is C20H28N2O3S. The molecule has 6 heteroatoms. The zero-order valence-electron chi connectivity index (χ0n) is 15.7. The van der Waals surface area contributed by atoms with E-state index in [1.54, 1.807) is 25.6 Å². The second-order valence-electron chi connectivity index (χ2n) is 7.09. The van der Waals surface area contributed by atoms with Crippen molar-refractivity contribution < 1.29 is 14.6 Å². The second kappa shape index (κ2) is 8.27. The van der Waals surface area contributed by atoms with Crippen molar-refractivity contribution in [3.8, 4) is 22.8 Å². The SMILES string of the molecule is COc1ccc(-c2csc(NCC3(C(C)CCO)CCC3)n2)cc1OC. The Hall–Kier alpha value is -1.79. The topological polar surface area (TPSA) is 63.6 Å². The van der Waals surface area contributed by atoms with E-state index in [0.29, 0.717) is 17.1 Å². The maximum Gasteiger partial charge on any atom is 0.183 e. The van der Waals surface area contributed by atoms with Crippen LogP contribution in [0.5, 0.6) is 11.5 Å². The highest BCUT2D eigenvalue weighted by atomic mass is 32.1. The molecule has 26 heavy (non-hydrogen) atoms. The van der Waals surface area contributed by atoms with Gasteiger partial charge in [-0.25, -0.2) is 4.98 Å². The number of anilines is 1. The van der Waals surface area contributed by atoms with Crippen molar-refractivity contribution in [3.63, 3.8) is 0 Å². The molecule has 1 aromatic heterocycles. The van der Waals surface area contributed by atoms with Crippen LogP contribution in [0.2, 0.25) is 0 Å². The first-order chi connectivity index (χ1) is 12.6. The molecule has 142 valence electrons. The molecule has 3 rings (SSSR count). The fraction of sp³-hybridized carbons (Fsp3) is 0.550. The van der Waals surface area contributed by atoms with Crippen LogP contribution in [0.4, 0.5) is 5.13 Å². The predicted octanol–water partition coefficient (Wildman–Crippen LogP) is 4.43. The first kappa shape index (κ1) is 19.0. The van der Waals surface area contributed by atoms with Crippen LogP contribution in [0.1, 0.15) is 32.6 Å². The van der Waals surface area contributed by atoms with Crippen LogP contribution in [0.3, 0.4) is 0 Å². The van der Waals surface area contributed by atoms with Crippen molar-refractivity contribution >= 4 is 16.5 Å². The van der Waals surface area contributed by atoms with E-state index in [1.807, 2.05) is 18.2 Å². The van der Waals surface area contributed by atoms with Crippen molar-refractivity contribution in [1.29, 1.82) is 0 Å². The number of aliphatic hydroxyl groups is 1. The molecule has 0 radical (unpaired) electrons. The summed E-state index contributed by atoms with van der Waals surface area (Å²) in [6, 6.07) is 5.85. The molecule has 2 N–H and O–H groups in total. The van der Waals surface area contributed by atoms with E-state index in [2.05, 4.69) is 17.6 Å². The van der Waals surface area contributed by atoms with Crippen molar-refractivity contribution in [2.45, 2.75) is 32.6 Å². The van der Waals surface area contributed by atoms with Crippen LogP contribution in [0.25, 0.3) is 11.3 Å². The van der Waals surface area contributed by atoms with E-state index >= 15 is 0 Å². The summed E-state index contributed by atoms with van der Waals surface area (Å²) in [5.41, 5.74) is 2.25. The number of hydrogen-bond donors (Lipinski definition) is 2. The third kappa shape index (κ3) is 3.81. The minimum absolute atomic E-state index is 0.267. The van der Waals surface area contributed by atoms with Gasteiger partial charge in [0.2, 0.25) is 0 Å². The highest BCUT2D eigenvalue weighted by Gasteiger charge is 2.41. The lowest BCUT2D eigenvalue weighted by Crippen LogP contribution is -2.42. The number of rotatable bonds is 9. The van der Waals surface area contributed by atoms with Crippen molar-refractivity contribution in [2.75, 3.05) is 32.7 Å². The van der Waals surface area contributed by atoms with Gasteiger partial charge < -0.3 is 19.9 Å². The minimum atomic E-state index is 0.267. The van der Waals surface area contributed by atoms with Crippen LogP contribution in [0.15, 0.2) is 23.6 Å². The average molecular weight is 377 g/mol. The Balaban J connectivity index is 1.68. The maximum absolute atomic E-state index is 9.26. The molecule has 0 spiro atoms. The summed E-state index contributed by atoms with van der Waals surface area (Å²) < 4.78 is 10.7. The zero-order chi connectivity index (χ0) is 18.6. The molecule has 0 amide bonds. The van der Waals surface area contributed by atoms with Gasteiger partial charge in [0.05, 0.1) is 19.9 Å².